The second-order valence-electron chi connectivity index (χ2n) is 5.21. The van der Waals surface area contributed by atoms with Crippen LogP contribution in [0.25, 0.3) is 6.08 Å². The maximum absolute atomic E-state index is 11.9. The molecule has 124 valence electrons. The monoisotopic (exact) mass is 324 g/mol. The van der Waals surface area contributed by atoms with Gasteiger partial charge in [-0.15, -0.1) is 0 Å². The van der Waals surface area contributed by atoms with Crippen LogP contribution in [-0.4, -0.2) is 24.5 Å². The summed E-state index contributed by atoms with van der Waals surface area (Å²) in [6.45, 7) is 1.87. The van der Waals surface area contributed by atoms with Crippen molar-refractivity contribution in [1.29, 1.82) is 0 Å². The van der Waals surface area contributed by atoms with Gasteiger partial charge in [0.05, 0.1) is 6.61 Å². The Balaban J connectivity index is 1.73. The lowest BCUT2D eigenvalue weighted by atomic mass is 10.2. The van der Waals surface area contributed by atoms with Crippen molar-refractivity contribution in [3.63, 3.8) is 0 Å². The zero-order valence-electron chi connectivity index (χ0n) is 13.6. The number of hydrogen-bond acceptors (Lipinski definition) is 4. The van der Waals surface area contributed by atoms with Crippen molar-refractivity contribution in [2.75, 3.05) is 6.61 Å². The number of ketones is 1. The van der Waals surface area contributed by atoms with Gasteiger partial charge in [-0.3, -0.25) is 4.79 Å². The van der Waals surface area contributed by atoms with Crippen LogP contribution in [0.2, 0.25) is 0 Å². The molecule has 2 aromatic rings. The van der Waals surface area contributed by atoms with E-state index in [1.54, 1.807) is 13.0 Å². The van der Waals surface area contributed by atoms with Crippen LogP contribution in [0.1, 0.15) is 18.1 Å². The summed E-state index contributed by atoms with van der Waals surface area (Å²) >= 11 is 0. The van der Waals surface area contributed by atoms with Crippen LogP contribution in [0, 0.1) is 0 Å². The van der Waals surface area contributed by atoms with Crippen molar-refractivity contribution < 1.29 is 19.1 Å². The molecule has 0 aliphatic rings. The Labute approximate surface area is 141 Å². The van der Waals surface area contributed by atoms with Gasteiger partial charge in [0.15, 0.2) is 0 Å². The molecule has 0 spiro atoms. The summed E-state index contributed by atoms with van der Waals surface area (Å²) in [6.07, 6.45) is 2.68. The fraction of sp³-hybridized carbons (Fsp3) is 0.200. The third-order valence-electron chi connectivity index (χ3n) is 3.33. The Hall–Kier alpha value is -2.72. The highest BCUT2D eigenvalue weighted by Crippen LogP contribution is 2.05. The van der Waals surface area contributed by atoms with Crippen molar-refractivity contribution in [1.82, 2.24) is 0 Å². The number of ether oxygens (including phenoxy) is 2. The second kappa shape index (κ2) is 9.43. The van der Waals surface area contributed by atoms with Crippen molar-refractivity contribution in [2.45, 2.75) is 19.6 Å². The van der Waals surface area contributed by atoms with E-state index in [1.807, 2.05) is 66.7 Å². The number of carbonyl (C=O) groups is 2. The van der Waals surface area contributed by atoms with Crippen molar-refractivity contribution in [3.8, 4) is 0 Å². The predicted molar refractivity (Wildman–Crippen MR) is 92.1 cm³/mol. The molecule has 0 unspecified atom stereocenters. The Morgan fingerprint density at radius 1 is 1.00 bits per heavy atom. The van der Waals surface area contributed by atoms with E-state index in [2.05, 4.69) is 0 Å². The Morgan fingerprint density at radius 3 is 2.29 bits per heavy atom. The van der Waals surface area contributed by atoms with Gasteiger partial charge >= 0.3 is 5.97 Å². The maximum atomic E-state index is 11.9. The third-order valence-corrected chi connectivity index (χ3v) is 3.33. The van der Waals surface area contributed by atoms with E-state index in [1.165, 1.54) is 0 Å². The zero-order valence-corrected chi connectivity index (χ0v) is 13.6. The molecule has 0 radical (unpaired) electrons. The lowest BCUT2D eigenvalue weighted by Gasteiger charge is -2.11. The van der Waals surface area contributed by atoms with Gasteiger partial charge in [0.1, 0.15) is 12.7 Å². The first kappa shape index (κ1) is 17.6. The molecular formula is C20H20O4. The molecule has 0 fully saturated rings. The smallest absolute Gasteiger partial charge is 0.377 e. The van der Waals surface area contributed by atoms with Gasteiger partial charge in [-0.2, -0.15) is 0 Å². The van der Waals surface area contributed by atoms with Gasteiger partial charge in [-0.25, -0.2) is 4.79 Å². The highest BCUT2D eigenvalue weighted by Gasteiger charge is 2.23. The van der Waals surface area contributed by atoms with Gasteiger partial charge in [0.25, 0.3) is 5.78 Å². The van der Waals surface area contributed by atoms with Crippen LogP contribution in [0.5, 0.6) is 0 Å². The van der Waals surface area contributed by atoms with Gasteiger partial charge in [0, 0.05) is 0 Å². The standard InChI is InChI=1S/C20H20O4/c1-16(24-15-18-11-6-3-7-12-18)19(21)20(22)23-14-8-13-17-9-4-2-5-10-17/h2-13,16H,14-15H2,1H3/b13-8+/t16-/m1/s1. The largest absolute Gasteiger partial charge is 0.456 e. The molecule has 24 heavy (non-hydrogen) atoms. The van der Waals surface area contributed by atoms with Gasteiger partial charge in [-0.05, 0) is 24.1 Å². The highest BCUT2D eigenvalue weighted by molar-refractivity contribution is 6.35. The fourth-order valence-electron chi connectivity index (χ4n) is 1.98. The molecule has 0 bridgehead atoms. The molecule has 0 aliphatic carbocycles. The number of esters is 1. The van der Waals surface area contributed by atoms with Crippen LogP contribution >= 0.6 is 0 Å². The van der Waals surface area contributed by atoms with E-state index in [9.17, 15) is 9.59 Å². The van der Waals surface area contributed by atoms with E-state index >= 15 is 0 Å². The molecule has 4 heteroatoms. The molecule has 0 aliphatic heterocycles. The van der Waals surface area contributed by atoms with E-state index in [0.29, 0.717) is 0 Å². The number of benzene rings is 2. The molecule has 4 nitrogen and oxygen atoms in total. The van der Waals surface area contributed by atoms with E-state index in [0.717, 1.165) is 11.1 Å². The molecule has 1 atom stereocenters. The molecule has 2 aromatic carbocycles. The fourth-order valence-corrected chi connectivity index (χ4v) is 1.98. The summed E-state index contributed by atoms with van der Waals surface area (Å²) in [4.78, 5) is 23.6. The summed E-state index contributed by atoms with van der Waals surface area (Å²) < 4.78 is 10.4. The lowest BCUT2D eigenvalue weighted by Crippen LogP contribution is -2.30. The molecule has 0 saturated heterocycles. The van der Waals surface area contributed by atoms with Gasteiger partial charge < -0.3 is 9.47 Å². The zero-order chi connectivity index (χ0) is 17.2. The minimum absolute atomic E-state index is 0.0465. The molecule has 0 saturated carbocycles. The van der Waals surface area contributed by atoms with Gasteiger partial charge in [-0.1, -0.05) is 66.7 Å². The number of Topliss-reactive ketones (excluding diaryl/α,β-unsaturated/α-hetero) is 1. The van der Waals surface area contributed by atoms with Crippen LogP contribution in [-0.2, 0) is 25.7 Å². The molecule has 0 amide bonds. The quantitative estimate of drug-likeness (QED) is 0.551. The topological polar surface area (TPSA) is 52.6 Å². The Morgan fingerprint density at radius 2 is 1.62 bits per heavy atom. The summed E-state index contributed by atoms with van der Waals surface area (Å²) in [5, 5.41) is 0. The van der Waals surface area contributed by atoms with E-state index in [-0.39, 0.29) is 13.2 Å². The molecule has 2 rings (SSSR count). The predicted octanol–water partition coefficient (Wildman–Crippen LogP) is 3.42. The van der Waals surface area contributed by atoms with Crippen LogP contribution < -0.4 is 0 Å². The van der Waals surface area contributed by atoms with Crippen molar-refractivity contribution in [3.05, 3.63) is 77.9 Å². The third kappa shape index (κ3) is 5.82. The molecule has 0 aromatic heterocycles. The average Bonchev–Trinajstić information content (AvgIpc) is 2.64. The highest BCUT2D eigenvalue weighted by atomic mass is 16.5. The first-order chi connectivity index (χ1) is 11.7. The number of hydrogen-bond donors (Lipinski definition) is 0. The summed E-state index contributed by atoms with van der Waals surface area (Å²) in [7, 11) is 0. The second-order valence-corrected chi connectivity index (χ2v) is 5.21. The maximum Gasteiger partial charge on any atom is 0.377 e. The lowest BCUT2D eigenvalue weighted by molar-refractivity contribution is -0.158. The molecular weight excluding hydrogens is 304 g/mol. The Kier molecular flexibility index (Phi) is 6.92. The first-order valence-electron chi connectivity index (χ1n) is 7.75. The van der Waals surface area contributed by atoms with Crippen molar-refractivity contribution >= 4 is 17.8 Å². The molecule has 0 N–H and O–H groups in total. The number of rotatable bonds is 8. The Bertz CT molecular complexity index is 677. The summed E-state index contributed by atoms with van der Waals surface area (Å²) in [5.74, 6) is -1.56. The van der Waals surface area contributed by atoms with E-state index in [4.69, 9.17) is 9.47 Å². The van der Waals surface area contributed by atoms with Gasteiger partial charge in [0.2, 0.25) is 0 Å². The van der Waals surface area contributed by atoms with Crippen LogP contribution in [0.15, 0.2) is 66.7 Å². The van der Waals surface area contributed by atoms with E-state index < -0.39 is 17.9 Å². The normalized spacial score (nSPS) is 12.0. The van der Waals surface area contributed by atoms with Crippen molar-refractivity contribution in [2.24, 2.45) is 0 Å². The minimum Gasteiger partial charge on any atom is -0.456 e. The number of carbonyl (C=O) groups excluding carboxylic acids is 2. The van der Waals surface area contributed by atoms with Crippen LogP contribution in [0.4, 0.5) is 0 Å². The summed E-state index contributed by atoms with van der Waals surface area (Å²) in [6, 6.07) is 19.1. The minimum atomic E-state index is -0.881. The summed E-state index contributed by atoms with van der Waals surface area (Å²) in [5.41, 5.74) is 1.94. The first-order valence-corrected chi connectivity index (χ1v) is 7.75. The average molecular weight is 324 g/mol. The molecule has 0 heterocycles. The SMILES string of the molecule is C[C@@H](OCc1ccccc1)C(=O)C(=O)OC/C=C/c1ccccc1. The van der Waals surface area contributed by atoms with Crippen LogP contribution in [0.3, 0.4) is 0 Å².